The topological polar surface area (TPSA) is 51.8 Å². The van der Waals surface area contributed by atoms with Crippen LogP contribution < -0.4 is 5.73 Å². The number of rotatable bonds is 3. The summed E-state index contributed by atoms with van der Waals surface area (Å²) in [6.45, 7) is 0. The minimum absolute atomic E-state index is 0.196. The molecule has 5 heteroatoms. The predicted octanol–water partition coefficient (Wildman–Crippen LogP) is 2.62. The summed E-state index contributed by atoms with van der Waals surface area (Å²) in [5, 5.41) is 0. The molecule has 0 saturated carbocycles. The summed E-state index contributed by atoms with van der Waals surface area (Å²) in [6, 6.07) is 4.39. The summed E-state index contributed by atoms with van der Waals surface area (Å²) >= 11 is 3.32. The van der Waals surface area contributed by atoms with Gasteiger partial charge in [-0.15, -0.1) is 0 Å². The molecule has 0 saturated heterocycles. The van der Waals surface area contributed by atoms with Crippen LogP contribution in [0.4, 0.5) is 4.39 Å². The fraction of sp³-hybridized carbons (Fsp3) is 0.167. The highest BCUT2D eigenvalue weighted by atomic mass is 79.9. The fourth-order valence-corrected chi connectivity index (χ4v) is 2.06. The molecule has 0 aliphatic rings. The lowest BCUT2D eigenvalue weighted by atomic mass is 10.0. The number of hydrogen-bond acceptors (Lipinski definition) is 3. The van der Waals surface area contributed by atoms with E-state index in [9.17, 15) is 4.39 Å². The van der Waals surface area contributed by atoms with Crippen LogP contribution in [0.3, 0.4) is 0 Å². The van der Waals surface area contributed by atoms with E-state index in [4.69, 9.17) is 5.73 Å². The zero-order valence-corrected chi connectivity index (χ0v) is 10.6. The van der Waals surface area contributed by atoms with Gasteiger partial charge in [-0.2, -0.15) is 0 Å². The van der Waals surface area contributed by atoms with Crippen molar-refractivity contribution < 1.29 is 4.39 Å². The van der Waals surface area contributed by atoms with Gasteiger partial charge in [-0.05, 0) is 24.1 Å². The number of aromatic nitrogens is 2. The van der Waals surface area contributed by atoms with Gasteiger partial charge in [0.25, 0.3) is 0 Å². The maximum absolute atomic E-state index is 12.9. The van der Waals surface area contributed by atoms with Crippen molar-refractivity contribution in [2.45, 2.75) is 12.5 Å². The molecule has 2 rings (SSSR count). The molecule has 3 nitrogen and oxygen atoms in total. The van der Waals surface area contributed by atoms with Crippen molar-refractivity contribution in [3.63, 3.8) is 0 Å². The number of halogens is 2. The Bertz CT molecular complexity index is 504. The van der Waals surface area contributed by atoms with Gasteiger partial charge < -0.3 is 5.73 Å². The van der Waals surface area contributed by atoms with E-state index in [-0.39, 0.29) is 11.9 Å². The molecule has 0 aliphatic heterocycles. The fourth-order valence-electron chi connectivity index (χ4n) is 1.54. The normalized spacial score (nSPS) is 12.4. The van der Waals surface area contributed by atoms with E-state index < -0.39 is 0 Å². The van der Waals surface area contributed by atoms with Crippen LogP contribution in [0.15, 0.2) is 41.4 Å². The Kier molecular flexibility index (Phi) is 3.81. The van der Waals surface area contributed by atoms with Gasteiger partial charge in [-0.25, -0.2) is 14.4 Å². The largest absolute Gasteiger partial charge is 0.324 e. The van der Waals surface area contributed by atoms with Crippen molar-refractivity contribution in [1.82, 2.24) is 9.97 Å². The second kappa shape index (κ2) is 5.33. The molecular weight excluding hydrogens is 285 g/mol. The molecule has 0 radical (unpaired) electrons. The third kappa shape index (κ3) is 3.08. The minimum Gasteiger partial charge on any atom is -0.324 e. The molecule has 1 atom stereocenters. The van der Waals surface area contributed by atoms with Crippen LogP contribution in [0.25, 0.3) is 0 Å². The molecule has 2 aromatic rings. The lowest BCUT2D eigenvalue weighted by molar-refractivity contribution is 0.624. The van der Waals surface area contributed by atoms with Gasteiger partial charge >= 0.3 is 0 Å². The number of benzene rings is 1. The summed E-state index contributed by atoms with van der Waals surface area (Å²) in [4.78, 5) is 7.84. The molecule has 1 aromatic carbocycles. The molecule has 0 bridgehead atoms. The average molecular weight is 296 g/mol. The first-order valence-electron chi connectivity index (χ1n) is 5.11. The molecule has 0 spiro atoms. The Morgan fingerprint density at radius 2 is 2.00 bits per heavy atom. The van der Waals surface area contributed by atoms with Crippen LogP contribution in [0.1, 0.15) is 17.2 Å². The van der Waals surface area contributed by atoms with E-state index >= 15 is 0 Å². The molecule has 1 unspecified atom stereocenters. The molecular formula is C12H11BrFN3. The van der Waals surface area contributed by atoms with Gasteiger partial charge in [-0.1, -0.05) is 22.0 Å². The highest BCUT2D eigenvalue weighted by Crippen LogP contribution is 2.22. The monoisotopic (exact) mass is 295 g/mol. The second-order valence-corrected chi connectivity index (χ2v) is 4.57. The van der Waals surface area contributed by atoms with Crippen molar-refractivity contribution in [1.29, 1.82) is 0 Å². The zero-order chi connectivity index (χ0) is 12.3. The SMILES string of the molecule is NC(Cc1ccc(F)cc1Br)c1cncnc1. The van der Waals surface area contributed by atoms with Crippen molar-refractivity contribution in [2.24, 2.45) is 5.73 Å². The number of nitrogens with two attached hydrogens (primary N) is 1. The highest BCUT2D eigenvalue weighted by Gasteiger charge is 2.10. The Morgan fingerprint density at radius 3 is 2.65 bits per heavy atom. The summed E-state index contributed by atoms with van der Waals surface area (Å²) in [5.74, 6) is -0.266. The standard InChI is InChI=1S/C12H11BrFN3/c13-11-4-10(14)2-1-8(11)3-12(15)9-5-16-7-17-6-9/h1-2,4-7,12H,3,15H2. The van der Waals surface area contributed by atoms with Crippen LogP contribution in [0.5, 0.6) is 0 Å². The molecule has 17 heavy (non-hydrogen) atoms. The summed E-state index contributed by atoms with van der Waals surface area (Å²) < 4.78 is 13.7. The van der Waals surface area contributed by atoms with Gasteiger partial charge in [0.15, 0.2) is 0 Å². The molecule has 88 valence electrons. The van der Waals surface area contributed by atoms with Crippen molar-refractivity contribution >= 4 is 15.9 Å². The second-order valence-electron chi connectivity index (χ2n) is 3.72. The lowest BCUT2D eigenvalue weighted by Crippen LogP contribution is -2.14. The molecule has 0 amide bonds. The van der Waals surface area contributed by atoms with E-state index in [0.717, 1.165) is 15.6 Å². The molecule has 2 N–H and O–H groups in total. The Labute approximate surface area is 107 Å². The van der Waals surface area contributed by atoms with E-state index in [1.165, 1.54) is 18.5 Å². The van der Waals surface area contributed by atoms with Gasteiger partial charge in [-0.3, -0.25) is 0 Å². The van der Waals surface area contributed by atoms with Crippen LogP contribution in [-0.2, 0) is 6.42 Å². The average Bonchev–Trinajstić information content (AvgIpc) is 2.34. The van der Waals surface area contributed by atoms with E-state index in [0.29, 0.717) is 6.42 Å². The summed E-state index contributed by atoms with van der Waals surface area (Å²) in [5.41, 5.74) is 7.86. The van der Waals surface area contributed by atoms with Crippen LogP contribution >= 0.6 is 15.9 Å². The van der Waals surface area contributed by atoms with Crippen molar-refractivity contribution in [2.75, 3.05) is 0 Å². The quantitative estimate of drug-likeness (QED) is 0.947. The lowest BCUT2D eigenvalue weighted by Gasteiger charge is -2.12. The van der Waals surface area contributed by atoms with Gasteiger partial charge in [0.1, 0.15) is 12.1 Å². The Hall–Kier alpha value is -1.33. The van der Waals surface area contributed by atoms with Crippen LogP contribution in [-0.4, -0.2) is 9.97 Å². The van der Waals surface area contributed by atoms with Crippen molar-refractivity contribution in [3.8, 4) is 0 Å². The minimum atomic E-state index is -0.266. The third-order valence-corrected chi connectivity index (χ3v) is 3.20. The first-order valence-corrected chi connectivity index (χ1v) is 5.90. The smallest absolute Gasteiger partial charge is 0.124 e. The van der Waals surface area contributed by atoms with Crippen molar-refractivity contribution in [3.05, 3.63) is 58.3 Å². The third-order valence-electron chi connectivity index (χ3n) is 2.46. The molecule has 1 heterocycles. The first kappa shape index (κ1) is 12.1. The number of hydrogen-bond donors (Lipinski definition) is 1. The van der Waals surface area contributed by atoms with Crippen LogP contribution in [0, 0.1) is 5.82 Å². The van der Waals surface area contributed by atoms with E-state index in [1.807, 2.05) is 0 Å². The number of nitrogens with zero attached hydrogens (tertiary/aromatic N) is 2. The van der Waals surface area contributed by atoms with Gasteiger partial charge in [0.2, 0.25) is 0 Å². The van der Waals surface area contributed by atoms with E-state index in [1.54, 1.807) is 18.5 Å². The highest BCUT2D eigenvalue weighted by molar-refractivity contribution is 9.10. The van der Waals surface area contributed by atoms with E-state index in [2.05, 4.69) is 25.9 Å². The maximum Gasteiger partial charge on any atom is 0.124 e. The van der Waals surface area contributed by atoms with Gasteiger partial charge in [0, 0.05) is 28.5 Å². The van der Waals surface area contributed by atoms with Gasteiger partial charge in [0.05, 0.1) is 0 Å². The summed E-state index contributed by atoms with van der Waals surface area (Å²) in [7, 11) is 0. The molecule has 1 aromatic heterocycles. The molecule has 0 aliphatic carbocycles. The first-order chi connectivity index (χ1) is 8.16. The maximum atomic E-state index is 12.9. The van der Waals surface area contributed by atoms with Crippen LogP contribution in [0.2, 0.25) is 0 Å². The summed E-state index contributed by atoms with van der Waals surface area (Å²) in [6.07, 6.45) is 5.45. The zero-order valence-electron chi connectivity index (χ0n) is 8.98. The molecule has 0 fully saturated rings. The predicted molar refractivity (Wildman–Crippen MR) is 66.8 cm³/mol. The Balaban J connectivity index is 2.16. The Morgan fingerprint density at radius 1 is 1.29 bits per heavy atom.